The van der Waals surface area contributed by atoms with Crippen LogP contribution in [0, 0.1) is 0 Å². The standard InChI is InChI=1S/C60H37N3S/c1-4-17-38(18-5-1)41-23-16-24-42(33-41)53-37-54(63-59(62-53)40-21-8-3-9-22-40)43-31-32-46-47-35-52-57(36-48(47)58(61-55(46)34-43)39-19-6-2-7-20-39)64-56-30-15-14-29-51(56)60(52)49-27-12-10-25-44(49)45-26-11-13-28-50(45)60/h1-37H. The van der Waals surface area contributed by atoms with Crippen molar-refractivity contribution in [3.8, 4) is 67.4 Å². The van der Waals surface area contributed by atoms with Gasteiger partial charge in [0.2, 0.25) is 0 Å². The lowest BCUT2D eigenvalue weighted by Crippen LogP contribution is -2.32. The quantitative estimate of drug-likeness (QED) is 0.162. The number of pyridine rings is 1. The Hall–Kier alpha value is -7.92. The third-order valence-corrected chi connectivity index (χ3v) is 14.3. The number of hydrogen-bond acceptors (Lipinski definition) is 4. The Kier molecular flexibility index (Phi) is 8.37. The van der Waals surface area contributed by atoms with Crippen LogP contribution in [0.3, 0.4) is 0 Å². The average molecular weight is 832 g/mol. The van der Waals surface area contributed by atoms with Gasteiger partial charge in [0.25, 0.3) is 0 Å². The van der Waals surface area contributed by atoms with Crippen LogP contribution < -0.4 is 0 Å². The van der Waals surface area contributed by atoms with Gasteiger partial charge in [-0.05, 0) is 86.3 Å². The second kappa shape index (κ2) is 14.6. The highest BCUT2D eigenvalue weighted by Gasteiger charge is 2.50. The Bertz CT molecular complexity index is 3590. The Morgan fingerprint density at radius 3 is 1.58 bits per heavy atom. The molecule has 0 amide bonds. The van der Waals surface area contributed by atoms with Crippen molar-refractivity contribution < 1.29 is 0 Å². The topological polar surface area (TPSA) is 38.7 Å². The number of benzene rings is 9. The third kappa shape index (κ3) is 5.66. The zero-order valence-electron chi connectivity index (χ0n) is 34.6. The van der Waals surface area contributed by atoms with Gasteiger partial charge in [-0.3, -0.25) is 0 Å². The zero-order valence-corrected chi connectivity index (χ0v) is 35.4. The predicted octanol–water partition coefficient (Wildman–Crippen LogP) is 15.3. The van der Waals surface area contributed by atoms with Crippen molar-refractivity contribution in [2.24, 2.45) is 0 Å². The van der Waals surface area contributed by atoms with Crippen molar-refractivity contribution in [1.82, 2.24) is 15.0 Å². The summed E-state index contributed by atoms with van der Waals surface area (Å²) in [7, 11) is 0. The molecule has 1 aliphatic heterocycles. The van der Waals surface area contributed by atoms with E-state index in [1.54, 1.807) is 0 Å². The van der Waals surface area contributed by atoms with Crippen LogP contribution in [0.1, 0.15) is 22.3 Å². The van der Waals surface area contributed by atoms with Gasteiger partial charge >= 0.3 is 0 Å². The summed E-state index contributed by atoms with van der Waals surface area (Å²) in [6, 6.07) is 80.8. The molecule has 0 fully saturated rings. The largest absolute Gasteiger partial charge is 0.247 e. The van der Waals surface area contributed by atoms with E-state index in [1.807, 2.05) is 30.0 Å². The van der Waals surface area contributed by atoms with Crippen molar-refractivity contribution in [2.75, 3.05) is 0 Å². The van der Waals surface area contributed by atoms with E-state index < -0.39 is 5.41 Å². The van der Waals surface area contributed by atoms with Gasteiger partial charge < -0.3 is 0 Å². The number of hydrogen-bond donors (Lipinski definition) is 0. The highest BCUT2D eigenvalue weighted by atomic mass is 32.2. The Balaban J connectivity index is 1.06. The van der Waals surface area contributed by atoms with E-state index in [1.165, 1.54) is 54.1 Å². The molecule has 13 rings (SSSR count). The molecule has 0 bridgehead atoms. The summed E-state index contributed by atoms with van der Waals surface area (Å²) in [6.07, 6.45) is 0. The molecule has 11 aromatic rings. The minimum absolute atomic E-state index is 0.482. The minimum atomic E-state index is -0.482. The van der Waals surface area contributed by atoms with E-state index in [9.17, 15) is 0 Å². The predicted molar refractivity (Wildman–Crippen MR) is 263 cm³/mol. The molecule has 0 radical (unpaired) electrons. The molecule has 2 aliphatic rings. The number of rotatable bonds is 5. The number of nitrogens with zero attached hydrogens (tertiary/aromatic N) is 3. The van der Waals surface area contributed by atoms with Crippen molar-refractivity contribution in [2.45, 2.75) is 15.2 Å². The summed E-state index contributed by atoms with van der Waals surface area (Å²) in [5.74, 6) is 0.682. The number of fused-ring (bicyclic) bond motifs is 12. The van der Waals surface area contributed by atoms with Crippen LogP contribution in [0.5, 0.6) is 0 Å². The maximum atomic E-state index is 5.57. The maximum Gasteiger partial charge on any atom is 0.160 e. The fourth-order valence-corrected chi connectivity index (χ4v) is 11.5. The summed E-state index contributed by atoms with van der Waals surface area (Å²) in [5.41, 5.74) is 17.4. The van der Waals surface area contributed by atoms with E-state index in [0.29, 0.717) is 5.82 Å². The normalized spacial score (nSPS) is 13.1. The van der Waals surface area contributed by atoms with Crippen LogP contribution in [0.4, 0.5) is 0 Å². The van der Waals surface area contributed by atoms with E-state index >= 15 is 0 Å². The molecule has 0 N–H and O–H groups in total. The van der Waals surface area contributed by atoms with Gasteiger partial charge in [0.15, 0.2) is 5.82 Å². The van der Waals surface area contributed by atoms with Crippen LogP contribution in [0.2, 0.25) is 0 Å². The van der Waals surface area contributed by atoms with Crippen LogP contribution in [0.25, 0.3) is 89.1 Å². The molecular formula is C60H37N3S. The third-order valence-electron chi connectivity index (χ3n) is 13.1. The summed E-state index contributed by atoms with van der Waals surface area (Å²) >= 11 is 1.87. The van der Waals surface area contributed by atoms with E-state index in [0.717, 1.165) is 61.2 Å². The molecular weight excluding hydrogens is 795 g/mol. The lowest BCUT2D eigenvalue weighted by Gasteiger charge is -2.40. The maximum absolute atomic E-state index is 5.57. The van der Waals surface area contributed by atoms with Gasteiger partial charge in [-0.1, -0.05) is 200 Å². The Labute approximate surface area is 375 Å². The van der Waals surface area contributed by atoms with Gasteiger partial charge in [-0.25, -0.2) is 15.0 Å². The van der Waals surface area contributed by atoms with Gasteiger partial charge in [0, 0.05) is 42.8 Å². The van der Waals surface area contributed by atoms with Gasteiger partial charge in [0.1, 0.15) is 0 Å². The molecule has 64 heavy (non-hydrogen) atoms. The van der Waals surface area contributed by atoms with Gasteiger partial charge in [-0.2, -0.15) is 0 Å². The molecule has 1 spiro atoms. The molecule has 1 aliphatic carbocycles. The first kappa shape index (κ1) is 36.7. The van der Waals surface area contributed by atoms with Gasteiger partial charge in [-0.15, -0.1) is 0 Å². The highest BCUT2D eigenvalue weighted by Crippen LogP contribution is 2.62. The zero-order chi connectivity index (χ0) is 42.2. The average Bonchev–Trinajstić information content (AvgIpc) is 3.66. The smallest absolute Gasteiger partial charge is 0.160 e. The lowest BCUT2D eigenvalue weighted by atomic mass is 9.67. The molecule has 0 saturated heterocycles. The van der Waals surface area contributed by atoms with Crippen LogP contribution in [0.15, 0.2) is 234 Å². The summed E-state index contributed by atoms with van der Waals surface area (Å²) in [5, 5.41) is 3.43. The summed E-state index contributed by atoms with van der Waals surface area (Å²) in [4.78, 5) is 18.6. The van der Waals surface area contributed by atoms with E-state index in [2.05, 4.69) is 206 Å². The minimum Gasteiger partial charge on any atom is -0.247 e. The molecule has 3 nitrogen and oxygen atoms in total. The molecule has 298 valence electrons. The lowest BCUT2D eigenvalue weighted by molar-refractivity contribution is 0.724. The molecule has 2 aromatic heterocycles. The Morgan fingerprint density at radius 2 is 0.875 bits per heavy atom. The molecule has 4 heteroatoms. The first-order valence-electron chi connectivity index (χ1n) is 21.8. The van der Waals surface area contributed by atoms with E-state index in [4.69, 9.17) is 15.0 Å². The highest BCUT2D eigenvalue weighted by molar-refractivity contribution is 7.99. The fraction of sp³-hybridized carbons (Fsp3) is 0.0167. The second-order valence-electron chi connectivity index (χ2n) is 16.7. The SMILES string of the molecule is c1ccc(-c2cccc(-c3cc(-c4ccc5c(c4)nc(-c4ccccc4)c4cc6c(cc45)C4(c5ccccc5S6)c5ccccc5-c5ccccc54)nc(-c4ccccc4)n3)c2)cc1. The van der Waals surface area contributed by atoms with Crippen LogP contribution in [-0.2, 0) is 5.41 Å². The summed E-state index contributed by atoms with van der Waals surface area (Å²) < 4.78 is 0. The molecule has 3 heterocycles. The monoisotopic (exact) mass is 831 g/mol. The summed E-state index contributed by atoms with van der Waals surface area (Å²) in [6.45, 7) is 0. The van der Waals surface area contributed by atoms with Crippen LogP contribution in [-0.4, -0.2) is 15.0 Å². The first-order valence-corrected chi connectivity index (χ1v) is 22.6. The molecule has 0 unspecified atom stereocenters. The van der Waals surface area contributed by atoms with Crippen molar-refractivity contribution in [1.29, 1.82) is 0 Å². The number of aromatic nitrogens is 3. The molecule has 0 atom stereocenters. The first-order chi connectivity index (χ1) is 31.7. The van der Waals surface area contributed by atoms with Crippen molar-refractivity contribution in [3.63, 3.8) is 0 Å². The second-order valence-corrected chi connectivity index (χ2v) is 17.8. The van der Waals surface area contributed by atoms with Crippen LogP contribution >= 0.6 is 11.8 Å². The van der Waals surface area contributed by atoms with Gasteiger partial charge in [0.05, 0.1) is 28.0 Å². The van der Waals surface area contributed by atoms with E-state index in [-0.39, 0.29) is 0 Å². The van der Waals surface area contributed by atoms with Crippen molar-refractivity contribution in [3.05, 3.63) is 247 Å². The molecule has 9 aromatic carbocycles. The van der Waals surface area contributed by atoms with Crippen molar-refractivity contribution >= 4 is 33.4 Å². The molecule has 0 saturated carbocycles. The Morgan fingerprint density at radius 1 is 0.312 bits per heavy atom. The fourth-order valence-electron chi connectivity index (χ4n) is 10.3.